The van der Waals surface area contributed by atoms with Crippen LogP contribution in [0.25, 0.3) is 0 Å². The number of phenols is 2. The Morgan fingerprint density at radius 2 is 1.77 bits per heavy atom. The number of aliphatic hydroxyl groups is 1. The van der Waals surface area contributed by atoms with Crippen LogP contribution >= 0.6 is 0 Å². The van der Waals surface area contributed by atoms with E-state index in [1.165, 1.54) is 6.07 Å². The molecule has 2 heterocycles. The predicted molar refractivity (Wildman–Crippen MR) is 92.9 cm³/mol. The summed E-state index contributed by atoms with van der Waals surface area (Å²) in [5, 5.41) is 30.0. The summed E-state index contributed by atoms with van der Waals surface area (Å²) in [6.07, 6.45) is -0.518. The summed E-state index contributed by atoms with van der Waals surface area (Å²) in [6.45, 7) is 3.31. The summed E-state index contributed by atoms with van der Waals surface area (Å²) in [5.74, 6) is 0.491. The number of carbonyl (C=O) groups excluding carboxylic acids is 1. The first kappa shape index (κ1) is 16.7. The molecule has 6 nitrogen and oxygen atoms in total. The molecule has 0 amide bonds. The third kappa shape index (κ3) is 2.66. The number of fused-ring (bicyclic) bond motifs is 3. The quantitative estimate of drug-likeness (QED) is 0.766. The van der Waals surface area contributed by atoms with Crippen molar-refractivity contribution in [1.82, 2.24) is 0 Å². The third-order valence-corrected chi connectivity index (χ3v) is 4.94. The van der Waals surface area contributed by atoms with Gasteiger partial charge in [0.2, 0.25) is 0 Å². The molecular weight excluding hydrogens is 336 g/mol. The van der Waals surface area contributed by atoms with E-state index in [1.54, 1.807) is 38.1 Å². The number of ketones is 1. The highest BCUT2D eigenvalue weighted by atomic mass is 16.5. The molecule has 0 radical (unpaired) electrons. The van der Waals surface area contributed by atoms with E-state index in [4.69, 9.17) is 9.47 Å². The van der Waals surface area contributed by atoms with Gasteiger partial charge in [-0.15, -0.1) is 0 Å². The summed E-state index contributed by atoms with van der Waals surface area (Å²) < 4.78 is 11.9. The molecule has 0 saturated heterocycles. The van der Waals surface area contributed by atoms with E-state index >= 15 is 0 Å². The maximum absolute atomic E-state index is 12.7. The lowest BCUT2D eigenvalue weighted by molar-refractivity contribution is -0.0230. The lowest BCUT2D eigenvalue weighted by Gasteiger charge is -2.27. The van der Waals surface area contributed by atoms with Gasteiger partial charge in [0.15, 0.2) is 5.78 Å². The highest BCUT2D eigenvalue weighted by Gasteiger charge is 2.41. The molecule has 0 aromatic heterocycles. The monoisotopic (exact) mass is 356 g/mol. The predicted octanol–water partition coefficient (Wildman–Crippen LogP) is 2.88. The van der Waals surface area contributed by atoms with Crippen molar-refractivity contribution in [1.29, 1.82) is 0 Å². The van der Waals surface area contributed by atoms with Gasteiger partial charge in [-0.3, -0.25) is 4.79 Å². The number of benzene rings is 2. The van der Waals surface area contributed by atoms with Gasteiger partial charge in [-0.25, -0.2) is 0 Å². The molecule has 2 atom stereocenters. The molecule has 136 valence electrons. The van der Waals surface area contributed by atoms with Crippen molar-refractivity contribution in [3.63, 3.8) is 0 Å². The number of hydrogen-bond acceptors (Lipinski definition) is 6. The summed E-state index contributed by atoms with van der Waals surface area (Å²) in [5.41, 5.74) is 0.536. The van der Waals surface area contributed by atoms with Crippen molar-refractivity contribution in [3.8, 4) is 23.0 Å². The molecule has 0 aliphatic carbocycles. The molecule has 2 aliphatic rings. The molecule has 4 rings (SSSR count). The molecule has 6 heteroatoms. The van der Waals surface area contributed by atoms with Crippen LogP contribution < -0.4 is 9.47 Å². The number of ether oxygens (including phenoxy) is 2. The largest absolute Gasteiger partial charge is 0.508 e. The molecule has 2 aromatic rings. The number of rotatable bonds is 2. The Morgan fingerprint density at radius 1 is 1.08 bits per heavy atom. The first-order valence-electron chi connectivity index (χ1n) is 8.50. The summed E-state index contributed by atoms with van der Waals surface area (Å²) >= 11 is 0. The van der Waals surface area contributed by atoms with Crippen LogP contribution in [-0.2, 0) is 6.42 Å². The van der Waals surface area contributed by atoms with Crippen LogP contribution in [-0.4, -0.2) is 32.8 Å². The second-order valence-corrected chi connectivity index (χ2v) is 7.37. The van der Waals surface area contributed by atoms with Gasteiger partial charge in [-0.2, -0.15) is 0 Å². The third-order valence-electron chi connectivity index (χ3n) is 4.94. The van der Waals surface area contributed by atoms with E-state index in [9.17, 15) is 20.1 Å². The van der Waals surface area contributed by atoms with Gasteiger partial charge in [0.25, 0.3) is 0 Å². The molecule has 0 fully saturated rings. The van der Waals surface area contributed by atoms with E-state index < -0.39 is 17.8 Å². The average Bonchev–Trinajstić information content (AvgIpc) is 2.99. The second-order valence-electron chi connectivity index (χ2n) is 7.37. The van der Waals surface area contributed by atoms with E-state index in [1.807, 2.05) is 0 Å². The van der Waals surface area contributed by atoms with E-state index in [0.717, 1.165) is 5.56 Å². The SMILES string of the molecule is CC(C)(O)[C@H]1Cc2c(cc(O)c3c2O[C@H](c2ccc(O)cc2)CC3=O)O1. The Kier molecular flexibility index (Phi) is 3.63. The molecule has 2 aromatic carbocycles. The molecule has 26 heavy (non-hydrogen) atoms. The lowest BCUT2D eigenvalue weighted by atomic mass is 9.91. The first-order chi connectivity index (χ1) is 12.2. The van der Waals surface area contributed by atoms with Crippen molar-refractivity contribution in [3.05, 3.63) is 47.0 Å². The van der Waals surface area contributed by atoms with Crippen LogP contribution in [0.5, 0.6) is 23.0 Å². The van der Waals surface area contributed by atoms with Crippen LogP contribution in [0.3, 0.4) is 0 Å². The van der Waals surface area contributed by atoms with Gasteiger partial charge >= 0.3 is 0 Å². The molecule has 0 bridgehead atoms. The van der Waals surface area contributed by atoms with Crippen LogP contribution in [0, 0.1) is 0 Å². The second kappa shape index (κ2) is 5.64. The van der Waals surface area contributed by atoms with Gasteiger partial charge in [-0.05, 0) is 31.5 Å². The van der Waals surface area contributed by atoms with E-state index in [0.29, 0.717) is 23.5 Å². The fraction of sp³-hybridized carbons (Fsp3) is 0.350. The van der Waals surface area contributed by atoms with Gasteiger partial charge in [0.05, 0.1) is 12.0 Å². The van der Waals surface area contributed by atoms with Crippen molar-refractivity contribution < 1.29 is 29.6 Å². The molecule has 3 N–H and O–H groups in total. The minimum Gasteiger partial charge on any atom is -0.508 e. The number of Topliss-reactive ketones (excluding diaryl/α,β-unsaturated/α-hetero) is 1. The van der Waals surface area contributed by atoms with Crippen LogP contribution in [0.2, 0.25) is 0 Å². The van der Waals surface area contributed by atoms with Crippen molar-refractivity contribution in [2.75, 3.05) is 0 Å². The highest BCUT2D eigenvalue weighted by Crippen LogP contribution is 2.49. The zero-order chi connectivity index (χ0) is 18.6. The van der Waals surface area contributed by atoms with Crippen molar-refractivity contribution >= 4 is 5.78 Å². The standard InChI is InChI=1S/C20H20O6/c1-20(2,24)17-7-12-16(25-17)9-14(23)18-13(22)8-15(26-19(12)18)10-3-5-11(21)6-4-10/h3-6,9,15,17,21,23-24H,7-8H2,1-2H3/t15-,17+/m0/s1. The Hall–Kier alpha value is -2.73. The van der Waals surface area contributed by atoms with Gasteiger partial charge in [-0.1, -0.05) is 12.1 Å². The molecule has 0 saturated carbocycles. The highest BCUT2D eigenvalue weighted by molar-refractivity contribution is 6.03. The normalized spacial score (nSPS) is 21.6. The average molecular weight is 356 g/mol. The lowest BCUT2D eigenvalue weighted by Crippen LogP contribution is -2.39. The maximum atomic E-state index is 12.7. The smallest absolute Gasteiger partial charge is 0.174 e. The molecule has 0 unspecified atom stereocenters. The molecule has 2 aliphatic heterocycles. The summed E-state index contributed by atoms with van der Waals surface area (Å²) in [4.78, 5) is 12.7. The fourth-order valence-electron chi connectivity index (χ4n) is 3.46. The summed E-state index contributed by atoms with van der Waals surface area (Å²) in [7, 11) is 0. The summed E-state index contributed by atoms with van der Waals surface area (Å²) in [6, 6.07) is 7.91. The zero-order valence-corrected chi connectivity index (χ0v) is 14.5. The van der Waals surface area contributed by atoms with E-state index in [2.05, 4.69) is 0 Å². The molecular formula is C20H20O6. The minimum absolute atomic E-state index is 0.0971. The van der Waals surface area contributed by atoms with Crippen LogP contribution in [0.15, 0.2) is 30.3 Å². The van der Waals surface area contributed by atoms with Gasteiger partial charge in [0, 0.05) is 18.1 Å². The van der Waals surface area contributed by atoms with Gasteiger partial charge in [0.1, 0.15) is 40.8 Å². The maximum Gasteiger partial charge on any atom is 0.174 e. The number of hydrogen-bond donors (Lipinski definition) is 3. The number of carbonyl (C=O) groups is 1. The first-order valence-corrected chi connectivity index (χ1v) is 8.50. The number of aromatic hydroxyl groups is 2. The Morgan fingerprint density at radius 3 is 2.42 bits per heavy atom. The topological polar surface area (TPSA) is 96.2 Å². The van der Waals surface area contributed by atoms with Gasteiger partial charge < -0.3 is 24.8 Å². The van der Waals surface area contributed by atoms with Crippen molar-refractivity contribution in [2.45, 2.75) is 44.5 Å². The Balaban J connectivity index is 1.75. The minimum atomic E-state index is -1.07. The zero-order valence-electron chi connectivity index (χ0n) is 14.5. The van der Waals surface area contributed by atoms with Crippen molar-refractivity contribution in [2.24, 2.45) is 0 Å². The molecule has 0 spiro atoms. The van der Waals surface area contributed by atoms with Crippen LogP contribution in [0.1, 0.15) is 47.9 Å². The van der Waals surface area contributed by atoms with Crippen LogP contribution in [0.4, 0.5) is 0 Å². The fourth-order valence-corrected chi connectivity index (χ4v) is 3.46. The Bertz CT molecular complexity index is 879. The Labute approximate surface area is 150 Å². The number of phenolic OH excluding ortho intramolecular Hbond substituents is 2. The van der Waals surface area contributed by atoms with E-state index in [-0.39, 0.29) is 29.3 Å².